The first kappa shape index (κ1) is 18.4. The Morgan fingerprint density at radius 2 is 2.19 bits per heavy atom. The van der Waals surface area contributed by atoms with Crippen LogP contribution in [0.3, 0.4) is 0 Å². The molecule has 1 aromatic carbocycles. The van der Waals surface area contributed by atoms with Crippen molar-refractivity contribution in [2.45, 2.75) is 36.7 Å². The Hall–Kier alpha value is -2.37. The van der Waals surface area contributed by atoms with Gasteiger partial charge in [-0.15, -0.1) is 5.10 Å². The van der Waals surface area contributed by atoms with E-state index in [0.717, 1.165) is 0 Å². The molecule has 1 fully saturated rings. The number of likely N-dealkylation sites (N-methyl/N-ethyl adjacent to an activating group) is 1. The third-order valence-corrected chi connectivity index (χ3v) is 5.96. The summed E-state index contributed by atoms with van der Waals surface area (Å²) in [6.45, 7) is 2.48. The van der Waals surface area contributed by atoms with Crippen molar-refractivity contribution in [1.29, 1.82) is 0 Å². The van der Waals surface area contributed by atoms with Gasteiger partial charge >= 0.3 is 5.97 Å². The lowest BCUT2D eigenvalue weighted by Gasteiger charge is -2.42. The Morgan fingerprint density at radius 3 is 2.81 bits per heavy atom. The average Bonchev–Trinajstić information content (AvgIpc) is 3.10. The number of carboxylic acids is 1. The minimum absolute atomic E-state index is 0.0331. The molecule has 0 saturated heterocycles. The van der Waals surface area contributed by atoms with Gasteiger partial charge < -0.3 is 5.11 Å². The van der Waals surface area contributed by atoms with Crippen molar-refractivity contribution in [1.82, 2.24) is 29.8 Å². The third-order valence-electron chi connectivity index (χ3n) is 4.44. The van der Waals surface area contributed by atoms with Crippen LogP contribution < -0.4 is 4.72 Å². The largest absolute Gasteiger partial charge is 0.480 e. The maximum absolute atomic E-state index is 12.6. The van der Waals surface area contributed by atoms with E-state index in [9.17, 15) is 13.2 Å². The van der Waals surface area contributed by atoms with Gasteiger partial charge in [0.2, 0.25) is 10.0 Å². The summed E-state index contributed by atoms with van der Waals surface area (Å²) in [6.07, 6.45) is 2.57. The van der Waals surface area contributed by atoms with E-state index in [1.807, 2.05) is 11.8 Å². The highest BCUT2D eigenvalue weighted by Gasteiger charge is 2.36. The predicted molar refractivity (Wildman–Crippen MR) is 91.2 cm³/mol. The average molecular weight is 380 g/mol. The molecule has 1 aliphatic rings. The summed E-state index contributed by atoms with van der Waals surface area (Å²) in [4.78, 5) is 12.8. The fourth-order valence-electron chi connectivity index (χ4n) is 3.02. The van der Waals surface area contributed by atoms with Crippen LogP contribution in [0.4, 0.5) is 0 Å². The Balaban J connectivity index is 1.64. The summed E-state index contributed by atoms with van der Waals surface area (Å²) in [5.41, 5.74) is 0.544. The molecule has 0 bridgehead atoms. The molecule has 0 unspecified atom stereocenters. The highest BCUT2D eigenvalue weighted by Crippen LogP contribution is 2.27. The Morgan fingerprint density at radius 1 is 1.42 bits per heavy atom. The number of benzene rings is 1. The van der Waals surface area contributed by atoms with Crippen LogP contribution in [0.15, 0.2) is 35.5 Å². The molecule has 2 aromatic rings. The number of hydrogen-bond acceptors (Lipinski definition) is 7. The van der Waals surface area contributed by atoms with E-state index in [1.165, 1.54) is 23.1 Å². The van der Waals surface area contributed by atoms with Gasteiger partial charge in [0.15, 0.2) is 0 Å². The highest BCUT2D eigenvalue weighted by atomic mass is 32.2. The van der Waals surface area contributed by atoms with Gasteiger partial charge in [-0.2, -0.15) is 0 Å². The zero-order valence-corrected chi connectivity index (χ0v) is 15.0. The van der Waals surface area contributed by atoms with Crippen molar-refractivity contribution in [2.24, 2.45) is 0 Å². The second-order valence-corrected chi connectivity index (χ2v) is 7.87. The molecule has 1 saturated carbocycles. The van der Waals surface area contributed by atoms with Gasteiger partial charge in [0.05, 0.1) is 17.1 Å². The molecule has 1 heterocycles. The molecule has 1 aliphatic carbocycles. The standard InChI is InChI=1S/C15H20N6O4S/c1-2-20(9-15(22)23)13-6-11(7-13)17-26(24,25)14-5-3-4-12(8-14)21-10-16-18-19-21/h3-5,8,10-11,13,17H,2,6-7,9H2,1H3,(H,22,23). The first-order chi connectivity index (χ1) is 12.4. The first-order valence-corrected chi connectivity index (χ1v) is 9.69. The van der Waals surface area contributed by atoms with E-state index in [2.05, 4.69) is 20.2 Å². The topological polar surface area (TPSA) is 130 Å². The van der Waals surface area contributed by atoms with Crippen LogP contribution >= 0.6 is 0 Å². The van der Waals surface area contributed by atoms with Crippen LogP contribution in [0.25, 0.3) is 5.69 Å². The number of sulfonamides is 1. The zero-order chi connectivity index (χ0) is 18.7. The molecule has 1 aromatic heterocycles. The van der Waals surface area contributed by atoms with E-state index >= 15 is 0 Å². The van der Waals surface area contributed by atoms with E-state index in [1.54, 1.807) is 12.1 Å². The van der Waals surface area contributed by atoms with Crippen LogP contribution in [0.1, 0.15) is 19.8 Å². The summed E-state index contributed by atoms with van der Waals surface area (Å²) in [5.74, 6) is -0.879. The molecular weight excluding hydrogens is 360 g/mol. The molecule has 26 heavy (non-hydrogen) atoms. The number of aliphatic carboxylic acids is 1. The number of aromatic nitrogens is 4. The van der Waals surface area contributed by atoms with E-state index in [-0.39, 0.29) is 23.5 Å². The highest BCUT2D eigenvalue weighted by molar-refractivity contribution is 7.89. The Labute approximate surface area is 150 Å². The molecule has 11 heteroatoms. The van der Waals surface area contributed by atoms with Crippen LogP contribution in [-0.4, -0.2) is 69.8 Å². The number of rotatable bonds is 8. The van der Waals surface area contributed by atoms with Crippen molar-refractivity contribution < 1.29 is 18.3 Å². The number of carboxylic acid groups (broad SMARTS) is 1. The van der Waals surface area contributed by atoms with Gasteiger partial charge in [0.1, 0.15) is 6.33 Å². The Bertz CT molecular complexity index is 864. The summed E-state index contributed by atoms with van der Waals surface area (Å²) < 4.78 is 29.3. The maximum atomic E-state index is 12.6. The fourth-order valence-corrected chi connectivity index (χ4v) is 4.32. The Kier molecular flexibility index (Phi) is 5.30. The van der Waals surface area contributed by atoms with Crippen molar-refractivity contribution in [3.05, 3.63) is 30.6 Å². The molecule has 0 atom stereocenters. The summed E-state index contributed by atoms with van der Waals surface area (Å²) in [5, 5.41) is 19.7. The molecule has 3 rings (SSSR count). The number of nitrogens with zero attached hydrogens (tertiary/aromatic N) is 5. The van der Waals surface area contributed by atoms with Crippen LogP contribution in [0.2, 0.25) is 0 Å². The van der Waals surface area contributed by atoms with Gasteiger partial charge in [-0.25, -0.2) is 17.8 Å². The summed E-state index contributed by atoms with van der Waals surface area (Å²) >= 11 is 0. The molecule has 0 spiro atoms. The monoisotopic (exact) mass is 380 g/mol. The first-order valence-electron chi connectivity index (χ1n) is 8.20. The zero-order valence-electron chi connectivity index (χ0n) is 14.2. The molecular formula is C15H20N6O4S. The van der Waals surface area contributed by atoms with Crippen LogP contribution in [-0.2, 0) is 14.8 Å². The minimum atomic E-state index is -3.68. The second-order valence-electron chi connectivity index (χ2n) is 6.15. The van der Waals surface area contributed by atoms with Gasteiger partial charge in [-0.3, -0.25) is 9.69 Å². The molecule has 0 radical (unpaired) electrons. The molecule has 0 aliphatic heterocycles. The van der Waals surface area contributed by atoms with Crippen LogP contribution in [0.5, 0.6) is 0 Å². The van der Waals surface area contributed by atoms with Gasteiger partial charge in [-0.05, 0) is 48.0 Å². The second kappa shape index (κ2) is 7.48. The van der Waals surface area contributed by atoms with Crippen LogP contribution in [0, 0.1) is 0 Å². The SMILES string of the molecule is CCN(CC(=O)O)C1CC(NS(=O)(=O)c2cccc(-n3cnnn3)c2)C1. The number of tetrazole rings is 1. The maximum Gasteiger partial charge on any atom is 0.317 e. The molecule has 0 amide bonds. The van der Waals surface area contributed by atoms with Gasteiger partial charge in [0, 0.05) is 12.1 Å². The predicted octanol–water partition coefficient (Wildman–Crippen LogP) is -0.122. The third kappa shape index (κ3) is 4.06. The number of hydrogen-bond donors (Lipinski definition) is 2. The molecule has 2 N–H and O–H groups in total. The van der Waals surface area contributed by atoms with Crippen molar-refractivity contribution >= 4 is 16.0 Å². The quantitative estimate of drug-likeness (QED) is 0.648. The van der Waals surface area contributed by atoms with E-state index < -0.39 is 16.0 Å². The van der Waals surface area contributed by atoms with E-state index in [0.29, 0.717) is 25.1 Å². The molecule has 10 nitrogen and oxygen atoms in total. The van der Waals surface area contributed by atoms with Crippen molar-refractivity contribution in [3.8, 4) is 5.69 Å². The van der Waals surface area contributed by atoms with Crippen molar-refractivity contribution in [3.63, 3.8) is 0 Å². The fraction of sp³-hybridized carbons (Fsp3) is 0.467. The summed E-state index contributed by atoms with van der Waals surface area (Å²) in [6, 6.07) is 6.22. The van der Waals surface area contributed by atoms with Gasteiger partial charge in [-0.1, -0.05) is 13.0 Å². The normalized spacial score (nSPS) is 20.1. The number of nitrogens with one attached hydrogen (secondary N) is 1. The van der Waals surface area contributed by atoms with Gasteiger partial charge in [0.25, 0.3) is 0 Å². The lowest BCUT2D eigenvalue weighted by molar-refractivity contribution is -0.139. The summed E-state index contributed by atoms with van der Waals surface area (Å²) in [7, 11) is -3.68. The molecule has 140 valence electrons. The lowest BCUT2D eigenvalue weighted by atomic mass is 9.86. The van der Waals surface area contributed by atoms with Crippen molar-refractivity contribution in [2.75, 3.05) is 13.1 Å². The number of carbonyl (C=O) groups is 1. The van der Waals surface area contributed by atoms with E-state index in [4.69, 9.17) is 5.11 Å². The smallest absolute Gasteiger partial charge is 0.317 e. The lowest BCUT2D eigenvalue weighted by Crippen LogP contribution is -2.54. The minimum Gasteiger partial charge on any atom is -0.480 e.